The number of hydrogen-bond acceptors (Lipinski definition) is 2. The smallest absolute Gasteiger partial charge is 0.188 e. The number of aromatic nitrogens is 2. The van der Waals surface area contributed by atoms with Gasteiger partial charge in [-0.2, -0.15) is 0 Å². The maximum atomic E-state index is 14.3. The van der Waals surface area contributed by atoms with Gasteiger partial charge < -0.3 is 4.74 Å². The molecule has 5 heterocycles. The molecule has 0 unspecified atom stereocenters. The third kappa shape index (κ3) is 7.07. The van der Waals surface area contributed by atoms with Crippen LogP contribution in [0.5, 0.6) is 11.5 Å². The predicted octanol–water partition coefficient (Wildman–Crippen LogP) is 17.0. The van der Waals surface area contributed by atoms with Crippen molar-refractivity contribution >= 4 is 44.6 Å². The molecule has 0 amide bonds. The zero-order chi connectivity index (χ0) is 47.5. The molecule has 340 valence electrons. The van der Waals surface area contributed by atoms with Crippen LogP contribution in [0.1, 0.15) is 84.6 Å². The molecular weight excluding hydrogens is 836 g/mol. The fourth-order valence-corrected chi connectivity index (χ4v) is 10.7. The number of hydrogen-bond donors (Lipinski definition) is 0. The Balaban J connectivity index is 1.01. The summed E-state index contributed by atoms with van der Waals surface area (Å²) in [5.41, 5.74) is 16.4. The number of rotatable bonds is 7. The van der Waals surface area contributed by atoms with Crippen molar-refractivity contribution in [2.24, 2.45) is 0 Å². The van der Waals surface area contributed by atoms with Crippen molar-refractivity contribution in [3.05, 3.63) is 199 Å². The van der Waals surface area contributed by atoms with Crippen molar-refractivity contribution in [3.63, 3.8) is 0 Å². The number of nitrogens with zero attached hydrogens (tertiary/aromatic N) is 4. The van der Waals surface area contributed by atoms with Gasteiger partial charge >= 0.3 is 0 Å². The van der Waals surface area contributed by atoms with Gasteiger partial charge in [0.05, 0.1) is 17.7 Å². The van der Waals surface area contributed by atoms with Crippen molar-refractivity contribution in [3.8, 4) is 39.6 Å². The van der Waals surface area contributed by atoms with Crippen molar-refractivity contribution < 1.29 is 9.13 Å². The summed E-state index contributed by atoms with van der Waals surface area (Å²) in [4.78, 5) is 4.98. The minimum atomic E-state index is -0.264. The minimum absolute atomic E-state index is 0.0170. The maximum absolute atomic E-state index is 14.3. The zero-order valence-electron chi connectivity index (χ0n) is 40.9. The topological polar surface area (TPSA) is 27.1 Å². The van der Waals surface area contributed by atoms with Gasteiger partial charge in [-0.05, 0) is 111 Å². The highest BCUT2D eigenvalue weighted by atomic mass is 19.1. The van der Waals surface area contributed by atoms with Crippen LogP contribution in [0.4, 0.5) is 27.1 Å². The monoisotopic (exact) mass is 895 g/mol. The Morgan fingerprint density at radius 1 is 0.544 bits per heavy atom. The highest BCUT2D eigenvalue weighted by Crippen LogP contribution is 2.68. The second kappa shape index (κ2) is 15.3. The van der Waals surface area contributed by atoms with E-state index >= 15 is 0 Å². The molecule has 0 spiro atoms. The van der Waals surface area contributed by atoms with Gasteiger partial charge in [0.15, 0.2) is 18.0 Å². The number of fused-ring (bicyclic) bond motifs is 3. The third-order valence-corrected chi connectivity index (χ3v) is 14.5. The fourth-order valence-electron chi connectivity index (χ4n) is 10.7. The average molecular weight is 896 g/mol. The lowest BCUT2D eigenvalue weighted by Gasteiger charge is -2.56. The quantitative estimate of drug-likeness (QED) is 0.118. The standard InChI is InChI=1S/C62H60FN4O/c1-40-29-58(64-37-54(40)42-18-14-20-46(63)31-42)65-55-25-12-11-23-52(55)53-28-27-50(36-56(53)65)68-49-22-15-21-47(35-49)66-38-67(39-66,48-33-44(61(5,6)7)32-45(34-48)62(8,9)10)59-51(24-16-26-57(59)66)41-17-13-19-43(30-41)60(2,3)4/h11-38H,39H2,1-10H3/q+1/t66-,67+/m1/s1. The summed E-state index contributed by atoms with van der Waals surface area (Å²) >= 11 is 0. The van der Waals surface area contributed by atoms with Gasteiger partial charge in [-0.15, -0.1) is 0 Å². The van der Waals surface area contributed by atoms with Crippen molar-refractivity contribution in [1.29, 1.82) is 0 Å². The van der Waals surface area contributed by atoms with E-state index in [4.69, 9.17) is 9.72 Å². The van der Waals surface area contributed by atoms with E-state index in [1.165, 1.54) is 50.9 Å². The van der Waals surface area contributed by atoms with Crippen LogP contribution in [0.25, 0.3) is 49.9 Å². The van der Waals surface area contributed by atoms with Gasteiger partial charge in [-0.3, -0.25) is 13.5 Å². The Labute approximate surface area is 400 Å². The zero-order valence-corrected chi connectivity index (χ0v) is 40.9. The molecule has 1 fully saturated rings. The maximum Gasteiger partial charge on any atom is 0.188 e. The molecular formula is C62H60FN4O+. The summed E-state index contributed by atoms with van der Waals surface area (Å²) in [5.74, 6) is 2.04. The number of aryl methyl sites for hydroxylation is 1. The van der Waals surface area contributed by atoms with Gasteiger partial charge in [0.25, 0.3) is 0 Å². The lowest BCUT2D eigenvalue weighted by atomic mass is 9.80. The van der Waals surface area contributed by atoms with Crippen LogP contribution in [0, 0.1) is 19.4 Å². The van der Waals surface area contributed by atoms with Crippen LogP contribution in [0.3, 0.4) is 0 Å². The molecule has 2 bridgehead atoms. The van der Waals surface area contributed by atoms with Crippen LogP contribution >= 0.6 is 0 Å². The Morgan fingerprint density at radius 3 is 1.90 bits per heavy atom. The average Bonchev–Trinajstić information content (AvgIpc) is 3.89. The first-order chi connectivity index (χ1) is 32.3. The Kier molecular flexibility index (Phi) is 9.85. The lowest BCUT2D eigenvalue weighted by Crippen LogP contribution is -2.67. The minimum Gasteiger partial charge on any atom is -0.457 e. The number of quaternary nitrogens is 2. The predicted molar refractivity (Wildman–Crippen MR) is 282 cm³/mol. The summed E-state index contributed by atoms with van der Waals surface area (Å²) in [5, 5.41) is 2.25. The van der Waals surface area contributed by atoms with E-state index in [1.54, 1.807) is 12.1 Å². The van der Waals surface area contributed by atoms with Gasteiger partial charge in [0.2, 0.25) is 0 Å². The van der Waals surface area contributed by atoms with Crippen molar-refractivity contribution in [1.82, 2.24) is 18.5 Å². The summed E-state index contributed by atoms with van der Waals surface area (Å²) in [7, 11) is 0. The van der Waals surface area contributed by atoms with E-state index in [1.807, 2.05) is 12.3 Å². The Hall–Kier alpha value is -6.86. The molecule has 0 N–H and O–H groups in total. The Bertz CT molecular complexity index is 3450. The molecule has 6 heteroatoms. The molecule has 0 saturated carbocycles. The second-order valence-corrected chi connectivity index (χ2v) is 22.3. The molecule has 12 rings (SSSR count). The van der Waals surface area contributed by atoms with Gasteiger partial charge in [0.1, 0.15) is 34.5 Å². The molecule has 68 heavy (non-hydrogen) atoms. The van der Waals surface area contributed by atoms with Crippen LogP contribution in [0.2, 0.25) is 0 Å². The normalized spacial score (nSPS) is 17.9. The number of halogens is 1. The van der Waals surface area contributed by atoms with Gasteiger partial charge in [0, 0.05) is 58.4 Å². The van der Waals surface area contributed by atoms with Crippen LogP contribution in [0.15, 0.2) is 164 Å². The molecule has 3 aliphatic heterocycles. The van der Waals surface area contributed by atoms with Crippen molar-refractivity contribution in [2.45, 2.75) is 85.5 Å². The van der Waals surface area contributed by atoms with E-state index in [0.29, 0.717) is 8.97 Å². The highest BCUT2D eigenvalue weighted by molar-refractivity contribution is 6.09. The number of pyridine rings is 1. The fraction of sp³-hybridized carbons (Fsp3) is 0.226. The second-order valence-electron chi connectivity index (χ2n) is 22.3. The van der Waals surface area contributed by atoms with E-state index in [2.05, 4.69) is 214 Å². The molecule has 0 aliphatic carbocycles. The molecule has 2 aromatic heterocycles. The molecule has 5 nitrogen and oxygen atoms in total. The number of ether oxygens (including phenoxy) is 1. The molecule has 2 atom stereocenters. The van der Waals surface area contributed by atoms with Crippen LogP contribution in [-0.2, 0) is 16.2 Å². The molecule has 3 aliphatic rings. The lowest BCUT2D eigenvalue weighted by molar-refractivity contribution is 0.187. The Morgan fingerprint density at radius 2 is 1.19 bits per heavy atom. The van der Waals surface area contributed by atoms with E-state index in [9.17, 15) is 4.39 Å². The SMILES string of the molecule is Cc1cc(-n2c3ccccc3c3ccc(Oc4cccc([N@@+]56[CH-][N@@+](c7cc(C(C)(C)C)cc(C(C)(C)C)c7)(C5)c5c(-c7cccc(C(C)(C)C)c7)cccc56)c4)cc32)ncc1-c1cccc(F)c1. The van der Waals surface area contributed by atoms with Crippen LogP contribution < -0.4 is 13.7 Å². The summed E-state index contributed by atoms with van der Waals surface area (Å²) in [6, 6.07) is 55.7. The van der Waals surface area contributed by atoms with E-state index in [-0.39, 0.29) is 22.1 Å². The van der Waals surface area contributed by atoms with E-state index in [0.717, 1.165) is 68.2 Å². The largest absolute Gasteiger partial charge is 0.457 e. The summed E-state index contributed by atoms with van der Waals surface area (Å²) in [6.07, 6.45) is 1.85. The molecule has 1 saturated heterocycles. The number of para-hydroxylation sites is 2. The molecule has 0 radical (unpaired) electrons. The summed E-state index contributed by atoms with van der Waals surface area (Å²) < 4.78 is 24.6. The van der Waals surface area contributed by atoms with Crippen molar-refractivity contribution in [2.75, 3.05) is 6.67 Å². The first kappa shape index (κ1) is 43.7. The third-order valence-electron chi connectivity index (χ3n) is 14.5. The van der Waals surface area contributed by atoms with Gasteiger partial charge in [-0.1, -0.05) is 135 Å². The van der Waals surface area contributed by atoms with Crippen LogP contribution in [-0.4, -0.2) is 16.2 Å². The van der Waals surface area contributed by atoms with Gasteiger partial charge in [-0.25, -0.2) is 9.37 Å². The first-order valence-electron chi connectivity index (χ1n) is 23.9. The first-order valence-corrected chi connectivity index (χ1v) is 23.9. The highest BCUT2D eigenvalue weighted by Gasteiger charge is 2.64. The summed E-state index contributed by atoms with van der Waals surface area (Å²) in [6.45, 7) is 26.3. The van der Waals surface area contributed by atoms with E-state index < -0.39 is 0 Å². The molecule has 7 aromatic carbocycles. The molecule has 9 aromatic rings. The number of benzene rings is 7.